The van der Waals surface area contributed by atoms with Crippen molar-refractivity contribution in [1.82, 2.24) is 0 Å². The summed E-state index contributed by atoms with van der Waals surface area (Å²) in [5.41, 5.74) is 0.142. The molecule has 0 atom stereocenters. The van der Waals surface area contributed by atoms with Crippen molar-refractivity contribution in [2.45, 2.75) is 25.7 Å². The van der Waals surface area contributed by atoms with Gasteiger partial charge >= 0.3 is 5.97 Å². The summed E-state index contributed by atoms with van der Waals surface area (Å²) in [6, 6.07) is 6.07. The lowest BCUT2D eigenvalue weighted by molar-refractivity contribution is -0.125. The first-order valence-electron chi connectivity index (χ1n) is 5.79. The van der Waals surface area contributed by atoms with Gasteiger partial charge in [-0.1, -0.05) is 12.1 Å². The fourth-order valence-corrected chi connectivity index (χ4v) is 2.03. The molecule has 1 heterocycles. The van der Waals surface area contributed by atoms with Gasteiger partial charge in [-0.25, -0.2) is 9.69 Å². The number of carboxylic acid groups (broad SMARTS) is 1. The zero-order chi connectivity index (χ0) is 13.1. The number of carbonyl (C=O) groups excluding carboxylic acids is 2. The predicted molar refractivity (Wildman–Crippen MR) is 64.4 cm³/mol. The molecular formula is C13H13NO4. The van der Waals surface area contributed by atoms with Crippen molar-refractivity contribution in [2.24, 2.45) is 0 Å². The third kappa shape index (κ3) is 2.25. The summed E-state index contributed by atoms with van der Waals surface area (Å²) in [6.07, 6.45) is 1.88. The summed E-state index contributed by atoms with van der Waals surface area (Å²) < 4.78 is 0. The molecular weight excluding hydrogens is 234 g/mol. The van der Waals surface area contributed by atoms with Gasteiger partial charge in [0.15, 0.2) is 0 Å². The number of rotatable bonds is 2. The van der Waals surface area contributed by atoms with Crippen LogP contribution in [-0.2, 0) is 9.59 Å². The minimum absolute atomic E-state index is 0.0268. The molecule has 5 heteroatoms. The van der Waals surface area contributed by atoms with Gasteiger partial charge in [-0.2, -0.15) is 0 Å². The van der Waals surface area contributed by atoms with E-state index in [9.17, 15) is 14.4 Å². The molecule has 0 radical (unpaired) electrons. The molecule has 1 aliphatic rings. The molecule has 0 saturated carbocycles. The minimum atomic E-state index is -1.14. The number of imide groups is 1. The number of benzene rings is 1. The summed E-state index contributed by atoms with van der Waals surface area (Å²) in [5, 5.41) is 9.09. The first-order chi connectivity index (χ1) is 8.61. The number of anilines is 1. The van der Waals surface area contributed by atoms with Gasteiger partial charge < -0.3 is 5.11 Å². The number of amides is 2. The number of nitrogens with zero attached hydrogens (tertiary/aromatic N) is 1. The molecule has 94 valence electrons. The topological polar surface area (TPSA) is 74.7 Å². The van der Waals surface area contributed by atoms with E-state index in [0.717, 1.165) is 4.90 Å². The smallest absolute Gasteiger partial charge is 0.337 e. The van der Waals surface area contributed by atoms with Crippen LogP contribution in [0.2, 0.25) is 0 Å². The Labute approximate surface area is 104 Å². The average Bonchev–Trinajstić information content (AvgIpc) is 2.50. The third-order valence-electron chi connectivity index (χ3n) is 2.91. The van der Waals surface area contributed by atoms with E-state index in [0.29, 0.717) is 12.8 Å². The van der Waals surface area contributed by atoms with Gasteiger partial charge in [-0.3, -0.25) is 9.59 Å². The van der Waals surface area contributed by atoms with Crippen molar-refractivity contribution in [1.29, 1.82) is 0 Å². The Hall–Kier alpha value is -2.17. The Kier molecular flexibility index (Phi) is 3.41. The van der Waals surface area contributed by atoms with Gasteiger partial charge in [0.1, 0.15) is 0 Å². The molecule has 18 heavy (non-hydrogen) atoms. The molecule has 0 unspecified atom stereocenters. The van der Waals surface area contributed by atoms with Crippen molar-refractivity contribution in [3.05, 3.63) is 29.8 Å². The largest absolute Gasteiger partial charge is 0.478 e. The molecule has 0 aromatic heterocycles. The quantitative estimate of drug-likeness (QED) is 0.809. The predicted octanol–water partition coefficient (Wildman–Crippen LogP) is 1.82. The standard InChI is InChI=1S/C13H13NO4/c15-11-7-3-4-8-12(16)14(11)10-6-2-1-5-9(10)13(17)18/h1-2,5-6H,3-4,7-8H2,(H,17,18). The van der Waals surface area contributed by atoms with Crippen LogP contribution in [0, 0.1) is 0 Å². The summed E-state index contributed by atoms with van der Waals surface area (Å²) in [5.74, 6) is -1.80. The Bertz CT molecular complexity index is 491. The van der Waals surface area contributed by atoms with Gasteiger partial charge in [0.05, 0.1) is 11.3 Å². The molecule has 0 aliphatic carbocycles. The number of para-hydroxylation sites is 1. The van der Waals surface area contributed by atoms with Crippen LogP contribution in [0.1, 0.15) is 36.0 Å². The molecule has 1 aliphatic heterocycles. The monoisotopic (exact) mass is 247 g/mol. The van der Waals surface area contributed by atoms with Gasteiger partial charge in [0, 0.05) is 12.8 Å². The molecule has 2 rings (SSSR count). The van der Waals surface area contributed by atoms with E-state index in [1.165, 1.54) is 12.1 Å². The van der Waals surface area contributed by atoms with Crippen molar-refractivity contribution in [2.75, 3.05) is 4.90 Å². The molecule has 1 saturated heterocycles. The van der Waals surface area contributed by atoms with Crippen LogP contribution in [0.25, 0.3) is 0 Å². The van der Waals surface area contributed by atoms with E-state index in [1.54, 1.807) is 12.1 Å². The number of aromatic carboxylic acids is 1. The number of hydrogen-bond acceptors (Lipinski definition) is 3. The summed E-state index contributed by atoms with van der Waals surface area (Å²) in [7, 11) is 0. The normalized spacial score (nSPS) is 16.6. The Morgan fingerprint density at radius 3 is 2.17 bits per heavy atom. The summed E-state index contributed by atoms with van der Waals surface area (Å²) >= 11 is 0. The van der Waals surface area contributed by atoms with E-state index in [2.05, 4.69) is 0 Å². The maximum atomic E-state index is 11.9. The molecule has 0 bridgehead atoms. The van der Waals surface area contributed by atoms with E-state index in [4.69, 9.17) is 5.11 Å². The lowest BCUT2D eigenvalue weighted by Gasteiger charge is -2.20. The van der Waals surface area contributed by atoms with Gasteiger partial charge in [-0.05, 0) is 25.0 Å². The third-order valence-corrected chi connectivity index (χ3v) is 2.91. The van der Waals surface area contributed by atoms with Gasteiger partial charge in [0.2, 0.25) is 11.8 Å². The Morgan fingerprint density at radius 1 is 1.06 bits per heavy atom. The Morgan fingerprint density at radius 2 is 1.61 bits per heavy atom. The SMILES string of the molecule is O=C(O)c1ccccc1N1C(=O)CCCCC1=O. The lowest BCUT2D eigenvalue weighted by Crippen LogP contribution is -2.36. The summed E-state index contributed by atoms with van der Waals surface area (Å²) in [4.78, 5) is 35.9. The fourth-order valence-electron chi connectivity index (χ4n) is 2.03. The lowest BCUT2D eigenvalue weighted by atomic mass is 10.1. The molecule has 2 amide bonds. The molecule has 1 aromatic rings. The van der Waals surface area contributed by atoms with E-state index < -0.39 is 5.97 Å². The number of hydrogen-bond donors (Lipinski definition) is 1. The highest BCUT2D eigenvalue weighted by molar-refractivity contribution is 6.17. The number of carboxylic acids is 1. The van der Waals surface area contributed by atoms with Crippen LogP contribution in [-0.4, -0.2) is 22.9 Å². The van der Waals surface area contributed by atoms with E-state index in [1.807, 2.05) is 0 Å². The molecule has 1 aromatic carbocycles. The highest BCUT2D eigenvalue weighted by atomic mass is 16.4. The number of carbonyl (C=O) groups is 3. The zero-order valence-electron chi connectivity index (χ0n) is 9.76. The summed E-state index contributed by atoms with van der Waals surface area (Å²) in [6.45, 7) is 0. The highest BCUT2D eigenvalue weighted by Gasteiger charge is 2.28. The van der Waals surface area contributed by atoms with Crippen LogP contribution in [0.15, 0.2) is 24.3 Å². The zero-order valence-corrected chi connectivity index (χ0v) is 9.76. The van der Waals surface area contributed by atoms with Crippen molar-refractivity contribution in [3.8, 4) is 0 Å². The van der Waals surface area contributed by atoms with E-state index in [-0.39, 0.29) is 35.9 Å². The second-order valence-corrected chi connectivity index (χ2v) is 4.15. The second-order valence-electron chi connectivity index (χ2n) is 4.15. The van der Waals surface area contributed by atoms with Crippen molar-refractivity contribution in [3.63, 3.8) is 0 Å². The van der Waals surface area contributed by atoms with Crippen LogP contribution >= 0.6 is 0 Å². The molecule has 0 spiro atoms. The van der Waals surface area contributed by atoms with Gasteiger partial charge in [0.25, 0.3) is 0 Å². The molecule has 5 nitrogen and oxygen atoms in total. The van der Waals surface area contributed by atoms with Crippen molar-refractivity contribution < 1.29 is 19.5 Å². The molecule has 1 N–H and O–H groups in total. The maximum Gasteiger partial charge on any atom is 0.337 e. The molecule has 1 fully saturated rings. The van der Waals surface area contributed by atoms with Crippen LogP contribution in [0.4, 0.5) is 5.69 Å². The maximum absolute atomic E-state index is 11.9. The van der Waals surface area contributed by atoms with E-state index >= 15 is 0 Å². The Balaban J connectivity index is 2.48. The van der Waals surface area contributed by atoms with Crippen molar-refractivity contribution >= 4 is 23.5 Å². The highest BCUT2D eigenvalue weighted by Crippen LogP contribution is 2.25. The first-order valence-corrected chi connectivity index (χ1v) is 5.79. The average molecular weight is 247 g/mol. The second kappa shape index (κ2) is 5.00. The fraction of sp³-hybridized carbons (Fsp3) is 0.308. The minimum Gasteiger partial charge on any atom is -0.478 e. The van der Waals surface area contributed by atoms with Gasteiger partial charge in [-0.15, -0.1) is 0 Å². The van der Waals surface area contributed by atoms with Crippen LogP contribution in [0.3, 0.4) is 0 Å². The first kappa shape index (κ1) is 12.3. The van der Waals surface area contributed by atoms with Crippen LogP contribution in [0.5, 0.6) is 0 Å². The van der Waals surface area contributed by atoms with Crippen LogP contribution < -0.4 is 4.90 Å².